The van der Waals surface area contributed by atoms with Crippen LogP contribution in [0.2, 0.25) is 0 Å². The van der Waals surface area contributed by atoms with Crippen LogP contribution in [0.15, 0.2) is 66.7 Å². The Balaban J connectivity index is 1.58. The number of aryl methyl sites for hydroxylation is 2. The van der Waals surface area contributed by atoms with Gasteiger partial charge in [-0.05, 0) is 60.7 Å². The zero-order chi connectivity index (χ0) is 22.2. The van der Waals surface area contributed by atoms with Gasteiger partial charge in [-0.25, -0.2) is 8.42 Å². The minimum absolute atomic E-state index is 0.0359. The van der Waals surface area contributed by atoms with Crippen molar-refractivity contribution < 1.29 is 13.2 Å². The Kier molecular flexibility index (Phi) is 5.58. The van der Waals surface area contributed by atoms with E-state index in [0.717, 1.165) is 28.8 Å². The lowest BCUT2D eigenvalue weighted by atomic mass is 10.1. The van der Waals surface area contributed by atoms with Crippen LogP contribution in [-0.4, -0.2) is 27.1 Å². The average molecular weight is 435 g/mol. The van der Waals surface area contributed by atoms with Gasteiger partial charge in [-0.2, -0.15) is 0 Å². The number of hydrogen-bond donors (Lipinski definition) is 0. The monoisotopic (exact) mass is 434 g/mol. The van der Waals surface area contributed by atoms with Crippen molar-refractivity contribution in [2.45, 2.75) is 26.8 Å². The van der Waals surface area contributed by atoms with Gasteiger partial charge in [0, 0.05) is 17.8 Å². The van der Waals surface area contributed by atoms with Gasteiger partial charge in [-0.1, -0.05) is 48.5 Å². The molecule has 0 fully saturated rings. The third kappa shape index (κ3) is 4.21. The molecule has 1 aliphatic rings. The molecule has 1 heterocycles. The van der Waals surface area contributed by atoms with E-state index in [1.807, 2.05) is 67.3 Å². The molecule has 6 heteroatoms. The maximum Gasteiger partial charge on any atom is 0.258 e. The lowest BCUT2D eigenvalue weighted by Crippen LogP contribution is -2.31. The Bertz CT molecular complexity index is 1210. The molecule has 4 rings (SSSR count). The molecule has 0 aromatic heterocycles. The van der Waals surface area contributed by atoms with E-state index in [1.165, 1.54) is 16.1 Å². The van der Waals surface area contributed by atoms with E-state index in [4.69, 9.17) is 0 Å². The lowest BCUT2D eigenvalue weighted by molar-refractivity contribution is 0.0989. The summed E-state index contributed by atoms with van der Waals surface area (Å²) in [5, 5.41) is 0. The van der Waals surface area contributed by atoms with Crippen LogP contribution in [0.1, 0.15) is 32.6 Å². The number of sulfonamides is 1. The van der Waals surface area contributed by atoms with Crippen LogP contribution in [0.4, 0.5) is 11.4 Å². The van der Waals surface area contributed by atoms with Crippen molar-refractivity contribution >= 4 is 27.3 Å². The highest BCUT2D eigenvalue weighted by Crippen LogP contribution is 2.30. The highest BCUT2D eigenvalue weighted by Gasteiger charge is 2.25. The molecule has 0 unspecified atom stereocenters. The Morgan fingerprint density at radius 3 is 2.23 bits per heavy atom. The fourth-order valence-corrected chi connectivity index (χ4v) is 5.19. The summed E-state index contributed by atoms with van der Waals surface area (Å²) < 4.78 is 26.6. The molecule has 0 atom stereocenters. The van der Waals surface area contributed by atoms with E-state index in [9.17, 15) is 13.2 Å². The molecule has 0 radical (unpaired) electrons. The molecule has 160 valence electrons. The van der Waals surface area contributed by atoms with Gasteiger partial charge in [0.05, 0.1) is 18.5 Å². The standard InChI is InChI=1S/C25H26N2O3S/c1-18-7-6-8-19(2)24(18)27(31(3,29)30)17-20-11-13-22(14-12-20)25(28)26-16-15-21-9-4-5-10-23(21)26/h4-14H,15-17H2,1-3H3. The molecule has 5 nitrogen and oxygen atoms in total. The van der Waals surface area contributed by atoms with Gasteiger partial charge in [0.25, 0.3) is 5.91 Å². The summed E-state index contributed by atoms with van der Waals surface area (Å²) in [6.07, 6.45) is 2.08. The molecule has 0 N–H and O–H groups in total. The predicted octanol–water partition coefficient (Wildman–Crippen LogP) is 4.47. The minimum atomic E-state index is -3.48. The molecule has 3 aromatic rings. The van der Waals surface area contributed by atoms with Crippen LogP contribution in [0.3, 0.4) is 0 Å². The second kappa shape index (κ2) is 8.19. The molecule has 31 heavy (non-hydrogen) atoms. The van der Waals surface area contributed by atoms with Gasteiger partial charge < -0.3 is 4.90 Å². The number of para-hydroxylation sites is 2. The van der Waals surface area contributed by atoms with Crippen LogP contribution >= 0.6 is 0 Å². The van der Waals surface area contributed by atoms with Crippen LogP contribution in [0, 0.1) is 13.8 Å². The van der Waals surface area contributed by atoms with Gasteiger partial charge in [-0.3, -0.25) is 9.10 Å². The van der Waals surface area contributed by atoms with E-state index in [1.54, 1.807) is 12.1 Å². The summed E-state index contributed by atoms with van der Waals surface area (Å²) in [7, 11) is -3.48. The number of hydrogen-bond acceptors (Lipinski definition) is 3. The van der Waals surface area contributed by atoms with Crippen molar-refractivity contribution in [3.05, 3.63) is 94.5 Å². The summed E-state index contributed by atoms with van der Waals surface area (Å²) in [6, 6.07) is 20.9. The van der Waals surface area contributed by atoms with Crippen molar-refractivity contribution in [2.24, 2.45) is 0 Å². The number of nitrogens with zero attached hydrogens (tertiary/aromatic N) is 2. The molecular weight excluding hydrogens is 408 g/mol. The van der Waals surface area contributed by atoms with E-state index >= 15 is 0 Å². The fraction of sp³-hybridized carbons (Fsp3) is 0.240. The van der Waals surface area contributed by atoms with Crippen molar-refractivity contribution in [1.29, 1.82) is 0 Å². The molecule has 1 aliphatic heterocycles. The van der Waals surface area contributed by atoms with Crippen LogP contribution in [-0.2, 0) is 23.0 Å². The summed E-state index contributed by atoms with van der Waals surface area (Å²) in [6.45, 7) is 4.71. The maximum absolute atomic E-state index is 13.0. The van der Waals surface area contributed by atoms with Crippen molar-refractivity contribution in [2.75, 3.05) is 22.0 Å². The van der Waals surface area contributed by atoms with Crippen LogP contribution < -0.4 is 9.21 Å². The minimum Gasteiger partial charge on any atom is -0.308 e. The van der Waals surface area contributed by atoms with Crippen molar-refractivity contribution in [3.63, 3.8) is 0 Å². The number of benzene rings is 3. The Hall–Kier alpha value is -3.12. The lowest BCUT2D eigenvalue weighted by Gasteiger charge is -2.26. The van der Waals surface area contributed by atoms with Crippen molar-refractivity contribution in [1.82, 2.24) is 0 Å². The first-order valence-electron chi connectivity index (χ1n) is 10.3. The van der Waals surface area contributed by atoms with Gasteiger partial charge >= 0.3 is 0 Å². The number of amides is 1. The third-order valence-electron chi connectivity index (χ3n) is 5.75. The topological polar surface area (TPSA) is 57.7 Å². The molecule has 0 aliphatic carbocycles. The molecule has 0 spiro atoms. The van der Waals surface area contributed by atoms with Crippen LogP contribution in [0.25, 0.3) is 0 Å². The first-order chi connectivity index (χ1) is 14.8. The Labute approximate surface area is 184 Å². The largest absolute Gasteiger partial charge is 0.308 e. The number of carbonyl (C=O) groups excluding carboxylic acids is 1. The van der Waals surface area contributed by atoms with Crippen molar-refractivity contribution in [3.8, 4) is 0 Å². The molecule has 0 saturated carbocycles. The number of rotatable bonds is 5. The summed E-state index contributed by atoms with van der Waals surface area (Å²) >= 11 is 0. The maximum atomic E-state index is 13.0. The van der Waals surface area contributed by atoms with Gasteiger partial charge in [-0.15, -0.1) is 0 Å². The van der Waals surface area contributed by atoms with E-state index in [0.29, 0.717) is 17.8 Å². The van der Waals surface area contributed by atoms with E-state index in [-0.39, 0.29) is 12.5 Å². The van der Waals surface area contributed by atoms with E-state index in [2.05, 4.69) is 6.07 Å². The first kappa shape index (κ1) is 21.1. The van der Waals surface area contributed by atoms with Gasteiger partial charge in [0.15, 0.2) is 0 Å². The second-order valence-corrected chi connectivity index (χ2v) is 9.95. The molecule has 0 saturated heterocycles. The quantitative estimate of drug-likeness (QED) is 0.595. The molecule has 3 aromatic carbocycles. The SMILES string of the molecule is Cc1cccc(C)c1N(Cc1ccc(C(=O)N2CCc3ccccc32)cc1)S(C)(=O)=O. The molecule has 1 amide bonds. The number of fused-ring (bicyclic) bond motifs is 1. The van der Waals surface area contributed by atoms with Gasteiger partial charge in [0.1, 0.15) is 0 Å². The zero-order valence-electron chi connectivity index (χ0n) is 18.0. The van der Waals surface area contributed by atoms with E-state index < -0.39 is 10.0 Å². The summed E-state index contributed by atoms with van der Waals surface area (Å²) in [4.78, 5) is 14.8. The smallest absolute Gasteiger partial charge is 0.258 e. The zero-order valence-corrected chi connectivity index (χ0v) is 18.8. The molecular formula is C25H26N2O3S. The predicted molar refractivity (Wildman–Crippen MR) is 125 cm³/mol. The fourth-order valence-electron chi connectivity index (χ4n) is 4.18. The normalized spacial score (nSPS) is 13.2. The summed E-state index contributed by atoms with van der Waals surface area (Å²) in [5.41, 5.74) is 6.10. The third-order valence-corrected chi connectivity index (χ3v) is 6.86. The number of carbonyl (C=O) groups is 1. The Morgan fingerprint density at radius 1 is 0.935 bits per heavy atom. The number of anilines is 2. The highest BCUT2D eigenvalue weighted by atomic mass is 32.2. The van der Waals surface area contributed by atoms with Gasteiger partial charge in [0.2, 0.25) is 10.0 Å². The highest BCUT2D eigenvalue weighted by molar-refractivity contribution is 7.92. The first-order valence-corrected chi connectivity index (χ1v) is 12.1. The Morgan fingerprint density at radius 2 is 1.58 bits per heavy atom. The average Bonchev–Trinajstić information content (AvgIpc) is 3.16. The molecule has 0 bridgehead atoms. The second-order valence-electron chi connectivity index (χ2n) is 8.04. The van der Waals surface area contributed by atoms with Crippen LogP contribution in [0.5, 0.6) is 0 Å². The summed E-state index contributed by atoms with van der Waals surface area (Å²) in [5.74, 6) is -0.0359.